The minimum atomic E-state index is -0.363. The minimum Gasteiger partial charge on any atom is -0.465 e. The van der Waals surface area contributed by atoms with Crippen LogP contribution in [0.4, 0.5) is 0 Å². The molecular weight excluding hydrogens is 686 g/mol. The van der Waals surface area contributed by atoms with Crippen LogP contribution in [0.15, 0.2) is 0 Å². The molecule has 0 rings (SSSR count). The van der Waals surface area contributed by atoms with Crippen LogP contribution in [-0.2, 0) is 38.0 Å². The summed E-state index contributed by atoms with van der Waals surface area (Å²) < 4.78 is 34.4. The Kier molecular flexibility index (Phi) is 41.8. The van der Waals surface area contributed by atoms with E-state index < -0.39 is 0 Å². The Labute approximate surface area is 332 Å². The molecule has 0 amide bonds. The van der Waals surface area contributed by atoms with E-state index in [0.29, 0.717) is 66.1 Å². The van der Waals surface area contributed by atoms with Gasteiger partial charge < -0.3 is 38.4 Å². The second kappa shape index (κ2) is 42.8. The van der Waals surface area contributed by atoms with Gasteiger partial charge in [0.05, 0.1) is 39.6 Å². The van der Waals surface area contributed by atoms with Crippen molar-refractivity contribution in [2.24, 2.45) is 11.8 Å². The lowest BCUT2D eigenvalue weighted by atomic mass is 10.1. The third-order valence-electron chi connectivity index (χ3n) is 9.62. The Bertz CT molecular complexity index is 729. The van der Waals surface area contributed by atoms with Crippen molar-refractivity contribution in [1.82, 2.24) is 4.90 Å². The molecule has 0 aliphatic rings. The number of ether oxygens (including phenoxy) is 6. The van der Waals surface area contributed by atoms with Gasteiger partial charge in [0.15, 0.2) is 0 Å². The number of carbonyl (C=O) groups is 2. The smallest absolute Gasteiger partial charge is 0.313 e. The normalized spacial score (nSPS) is 12.7. The number of aliphatic hydroxyl groups is 1. The van der Waals surface area contributed by atoms with Crippen molar-refractivity contribution in [3.63, 3.8) is 0 Å². The molecule has 0 aliphatic carbocycles. The molecule has 0 spiro atoms. The predicted molar refractivity (Wildman–Crippen MR) is 220 cm³/mol. The van der Waals surface area contributed by atoms with Crippen LogP contribution >= 0.6 is 0 Å². The summed E-state index contributed by atoms with van der Waals surface area (Å²) in [6.45, 7) is 17.0. The van der Waals surface area contributed by atoms with Crippen LogP contribution < -0.4 is 0 Å². The number of carbonyl (C=O) groups excluding carboxylic acids is 2. The predicted octanol–water partition coefficient (Wildman–Crippen LogP) is 9.33. The second-order valence-electron chi connectivity index (χ2n) is 15.0. The van der Waals surface area contributed by atoms with E-state index in [-0.39, 0.29) is 30.4 Å². The third kappa shape index (κ3) is 35.1. The van der Waals surface area contributed by atoms with E-state index in [0.717, 1.165) is 135 Å². The highest BCUT2D eigenvalue weighted by Crippen LogP contribution is 2.11. The van der Waals surface area contributed by atoms with Gasteiger partial charge >= 0.3 is 11.9 Å². The van der Waals surface area contributed by atoms with Gasteiger partial charge in [-0.15, -0.1) is 0 Å². The number of hydrogen-bond acceptors (Lipinski definition) is 10. The summed E-state index contributed by atoms with van der Waals surface area (Å²) in [4.78, 5) is 28.1. The van der Waals surface area contributed by atoms with Gasteiger partial charge in [-0.25, -0.2) is 0 Å². The number of nitrogens with zero attached hydrogens (tertiary/aromatic N) is 1. The first-order valence-electron chi connectivity index (χ1n) is 22.5. The lowest BCUT2D eigenvalue weighted by Crippen LogP contribution is -2.28. The summed E-state index contributed by atoms with van der Waals surface area (Å²) >= 11 is 0. The van der Waals surface area contributed by atoms with E-state index in [1.54, 1.807) is 0 Å². The molecule has 2 unspecified atom stereocenters. The van der Waals surface area contributed by atoms with Crippen molar-refractivity contribution >= 4 is 11.9 Å². The fourth-order valence-corrected chi connectivity index (χ4v) is 5.97. The van der Waals surface area contributed by atoms with Crippen LogP contribution in [0.25, 0.3) is 0 Å². The topological polar surface area (TPSA) is 113 Å². The first-order chi connectivity index (χ1) is 26.5. The zero-order valence-electron chi connectivity index (χ0n) is 35.8. The molecule has 0 saturated heterocycles. The molecule has 322 valence electrons. The van der Waals surface area contributed by atoms with E-state index in [1.807, 2.05) is 0 Å². The number of hydrogen-bond donors (Lipinski definition) is 1. The maximum atomic E-state index is 12.8. The van der Waals surface area contributed by atoms with E-state index in [9.17, 15) is 14.7 Å². The van der Waals surface area contributed by atoms with Gasteiger partial charge in [-0.05, 0) is 83.8 Å². The van der Waals surface area contributed by atoms with Crippen LogP contribution in [0.3, 0.4) is 0 Å². The third-order valence-corrected chi connectivity index (χ3v) is 9.62. The van der Waals surface area contributed by atoms with E-state index in [2.05, 4.69) is 32.6 Å². The molecule has 0 aromatic heterocycles. The maximum absolute atomic E-state index is 12.8. The Morgan fingerprint density at radius 3 is 1.09 bits per heavy atom. The number of aliphatic hydroxyl groups excluding tert-OH is 1. The van der Waals surface area contributed by atoms with Gasteiger partial charge in [-0.1, -0.05) is 105 Å². The lowest BCUT2D eigenvalue weighted by molar-refractivity contribution is -0.154. The van der Waals surface area contributed by atoms with Crippen molar-refractivity contribution in [3.8, 4) is 0 Å². The summed E-state index contributed by atoms with van der Waals surface area (Å²) in [6, 6.07) is 0. The maximum Gasteiger partial charge on any atom is 0.313 e. The monoisotopic (exact) mass is 774 g/mol. The first kappa shape index (κ1) is 52.7. The molecule has 10 heteroatoms. The summed E-state index contributed by atoms with van der Waals surface area (Å²) in [5.74, 6) is -1.14. The van der Waals surface area contributed by atoms with Gasteiger partial charge in [0.2, 0.25) is 0 Å². The Morgan fingerprint density at radius 1 is 0.407 bits per heavy atom. The highest BCUT2D eigenvalue weighted by molar-refractivity contribution is 5.73. The molecule has 0 aliphatic heterocycles. The fraction of sp³-hybridized carbons (Fsp3) is 0.955. The SMILES string of the molecule is CCCCCCOCC(COCCCC)C(=O)OCCCCCCN(CCCCO)CCCCCCOC(=O)C(COCCCC)COCCCCCC. The molecule has 0 aromatic carbocycles. The van der Waals surface area contributed by atoms with Gasteiger partial charge in [-0.2, -0.15) is 0 Å². The van der Waals surface area contributed by atoms with Crippen molar-refractivity contribution in [1.29, 1.82) is 0 Å². The molecule has 0 fully saturated rings. The Morgan fingerprint density at radius 2 is 0.722 bits per heavy atom. The van der Waals surface area contributed by atoms with Gasteiger partial charge in [0.1, 0.15) is 11.8 Å². The van der Waals surface area contributed by atoms with Gasteiger partial charge in [-0.3, -0.25) is 9.59 Å². The van der Waals surface area contributed by atoms with Crippen LogP contribution in [0, 0.1) is 11.8 Å². The highest BCUT2D eigenvalue weighted by Gasteiger charge is 2.22. The largest absolute Gasteiger partial charge is 0.465 e. The van der Waals surface area contributed by atoms with E-state index >= 15 is 0 Å². The molecule has 0 aromatic rings. The van der Waals surface area contributed by atoms with Gasteiger partial charge in [0, 0.05) is 33.0 Å². The fourth-order valence-electron chi connectivity index (χ4n) is 5.97. The molecule has 0 heterocycles. The van der Waals surface area contributed by atoms with Crippen LogP contribution in [0.5, 0.6) is 0 Å². The molecule has 1 N–H and O–H groups in total. The van der Waals surface area contributed by atoms with Crippen molar-refractivity contribution in [2.75, 3.05) is 92.3 Å². The van der Waals surface area contributed by atoms with Crippen molar-refractivity contribution in [2.45, 2.75) is 169 Å². The van der Waals surface area contributed by atoms with Gasteiger partial charge in [0.25, 0.3) is 0 Å². The standard InChI is InChI=1S/C44H87NO9/c1-5-9-13-23-33-51-39-41(37-49-31-11-7-3)43(47)53-35-25-17-15-19-27-45(29-21-22-30-46)28-20-16-18-26-36-54-44(48)42(38-50-32-12-8-4)40-52-34-24-14-10-6-2/h41-42,46H,5-40H2,1-4H3. The zero-order chi connectivity index (χ0) is 39.6. The van der Waals surface area contributed by atoms with Crippen LogP contribution in [0.1, 0.15) is 169 Å². The van der Waals surface area contributed by atoms with Crippen LogP contribution in [0.2, 0.25) is 0 Å². The summed E-state index contributed by atoms with van der Waals surface area (Å²) in [6.07, 6.45) is 23.3. The van der Waals surface area contributed by atoms with E-state index in [1.165, 1.54) is 25.7 Å². The van der Waals surface area contributed by atoms with Crippen molar-refractivity contribution < 1.29 is 43.1 Å². The summed E-state index contributed by atoms with van der Waals surface area (Å²) in [5, 5.41) is 9.29. The van der Waals surface area contributed by atoms with Crippen molar-refractivity contribution in [3.05, 3.63) is 0 Å². The minimum absolute atomic E-state index is 0.206. The molecule has 54 heavy (non-hydrogen) atoms. The average molecular weight is 774 g/mol. The van der Waals surface area contributed by atoms with Crippen LogP contribution in [-0.4, -0.2) is 114 Å². The quantitative estimate of drug-likeness (QED) is 0.0475. The highest BCUT2D eigenvalue weighted by atomic mass is 16.5. The first-order valence-corrected chi connectivity index (χ1v) is 22.5. The second-order valence-corrected chi connectivity index (χ2v) is 15.0. The zero-order valence-corrected chi connectivity index (χ0v) is 35.8. The molecule has 0 bridgehead atoms. The number of unbranched alkanes of at least 4 members (excludes halogenated alkanes) is 15. The number of esters is 2. The molecule has 2 atom stereocenters. The van der Waals surface area contributed by atoms with E-state index in [4.69, 9.17) is 28.4 Å². The summed E-state index contributed by atoms with van der Waals surface area (Å²) in [7, 11) is 0. The molecule has 0 saturated carbocycles. The summed E-state index contributed by atoms with van der Waals surface area (Å²) in [5.41, 5.74) is 0. The average Bonchev–Trinajstić information content (AvgIpc) is 3.17. The molecule has 10 nitrogen and oxygen atoms in total. The number of rotatable bonds is 44. The Hall–Kier alpha value is -1.30. The Balaban J connectivity index is 4.36. The lowest BCUT2D eigenvalue weighted by Gasteiger charge is -2.22. The molecule has 0 radical (unpaired) electrons. The molecular formula is C44H87NO9.